The molecule has 45 heavy (non-hydrogen) atoms. The minimum absolute atomic E-state index is 0.293. The molecule has 0 aliphatic rings. The van der Waals surface area contributed by atoms with Gasteiger partial charge in [0.1, 0.15) is 17.2 Å². The maximum atomic E-state index is 13.2. The molecular formula is C32H19FN8O2S2. The van der Waals surface area contributed by atoms with Gasteiger partial charge in [-0.2, -0.15) is 0 Å². The number of nitrogens with zero attached hydrogens (tertiary/aromatic N) is 6. The van der Waals surface area contributed by atoms with Crippen molar-refractivity contribution in [3.63, 3.8) is 0 Å². The zero-order valence-corrected chi connectivity index (χ0v) is 24.6. The summed E-state index contributed by atoms with van der Waals surface area (Å²) in [7, 11) is 0. The molecule has 0 atom stereocenters. The van der Waals surface area contributed by atoms with E-state index in [2.05, 4.69) is 35.6 Å². The Morgan fingerprint density at radius 2 is 1.24 bits per heavy atom. The topological polar surface area (TPSA) is 136 Å². The SMILES string of the molecule is O=C(Nc1nc(-c2ccc(-c3cccc(-c4csc(NC(=O)c5ccc6nccnc6c5)n4)n3)cn2)cs1)c1ccc(F)cc1. The van der Waals surface area contributed by atoms with E-state index in [1.807, 2.05) is 35.7 Å². The van der Waals surface area contributed by atoms with Gasteiger partial charge >= 0.3 is 0 Å². The van der Waals surface area contributed by atoms with E-state index in [1.165, 1.54) is 46.9 Å². The molecule has 0 saturated carbocycles. The lowest BCUT2D eigenvalue weighted by Gasteiger charge is -2.04. The third-order valence-corrected chi connectivity index (χ3v) is 8.14. The summed E-state index contributed by atoms with van der Waals surface area (Å²) in [6.45, 7) is 0. The predicted molar refractivity (Wildman–Crippen MR) is 172 cm³/mol. The molecule has 2 N–H and O–H groups in total. The van der Waals surface area contributed by atoms with E-state index in [0.29, 0.717) is 60.9 Å². The molecule has 0 bridgehead atoms. The normalized spacial score (nSPS) is 11.0. The van der Waals surface area contributed by atoms with Crippen LogP contribution in [0.3, 0.4) is 0 Å². The van der Waals surface area contributed by atoms with E-state index in [0.717, 1.165) is 5.56 Å². The number of aromatic nitrogens is 6. The molecule has 0 radical (unpaired) electrons. The number of thiazole rings is 2. The average molecular weight is 631 g/mol. The molecular weight excluding hydrogens is 612 g/mol. The summed E-state index contributed by atoms with van der Waals surface area (Å²) in [6, 6.07) is 19.8. The number of anilines is 2. The number of halogens is 1. The van der Waals surface area contributed by atoms with Gasteiger partial charge in [0, 0.05) is 46.0 Å². The van der Waals surface area contributed by atoms with Crippen molar-refractivity contribution >= 4 is 55.8 Å². The van der Waals surface area contributed by atoms with Crippen LogP contribution in [0.1, 0.15) is 20.7 Å². The van der Waals surface area contributed by atoms with Gasteiger partial charge in [0.2, 0.25) is 0 Å². The lowest BCUT2D eigenvalue weighted by atomic mass is 10.1. The third kappa shape index (κ3) is 6.16. The monoisotopic (exact) mass is 630 g/mol. The van der Waals surface area contributed by atoms with Gasteiger partial charge in [-0.1, -0.05) is 6.07 Å². The van der Waals surface area contributed by atoms with Crippen LogP contribution in [0.2, 0.25) is 0 Å². The van der Waals surface area contributed by atoms with Gasteiger partial charge in [-0.25, -0.2) is 19.3 Å². The number of hydrogen-bond donors (Lipinski definition) is 2. The van der Waals surface area contributed by atoms with Gasteiger partial charge in [0.05, 0.1) is 28.1 Å². The standard InChI is InChI=1S/C32H19FN8O2S2/c33-21-8-4-18(5-9-21)29(42)40-31-38-27(16-44-31)24-11-7-20(15-36-24)22-2-1-3-25(37-22)28-17-45-32(39-28)41-30(43)19-6-10-23-26(14-19)35-13-12-34-23/h1-17H,(H,38,40,42)(H,39,41,43). The van der Waals surface area contributed by atoms with Crippen molar-refractivity contribution in [3.05, 3.63) is 119 Å². The average Bonchev–Trinajstić information content (AvgIpc) is 3.75. The summed E-state index contributed by atoms with van der Waals surface area (Å²) in [5.74, 6) is -1.08. The Bertz CT molecular complexity index is 2180. The van der Waals surface area contributed by atoms with Crippen molar-refractivity contribution in [1.82, 2.24) is 29.9 Å². The van der Waals surface area contributed by atoms with Gasteiger partial charge in [0.15, 0.2) is 10.3 Å². The van der Waals surface area contributed by atoms with Gasteiger partial charge < -0.3 is 0 Å². The number of hydrogen-bond acceptors (Lipinski definition) is 10. The van der Waals surface area contributed by atoms with E-state index >= 15 is 0 Å². The Morgan fingerprint density at radius 1 is 0.600 bits per heavy atom. The summed E-state index contributed by atoms with van der Waals surface area (Å²) < 4.78 is 13.2. The van der Waals surface area contributed by atoms with Crippen molar-refractivity contribution in [2.75, 3.05) is 10.6 Å². The lowest BCUT2D eigenvalue weighted by Crippen LogP contribution is -2.11. The molecule has 2 aromatic carbocycles. The van der Waals surface area contributed by atoms with Crippen molar-refractivity contribution in [3.8, 4) is 34.0 Å². The van der Waals surface area contributed by atoms with Gasteiger partial charge in [-0.05, 0) is 66.7 Å². The Balaban J connectivity index is 1.02. The van der Waals surface area contributed by atoms with Crippen molar-refractivity contribution in [2.24, 2.45) is 0 Å². The highest BCUT2D eigenvalue weighted by Gasteiger charge is 2.14. The van der Waals surface area contributed by atoms with Crippen LogP contribution >= 0.6 is 22.7 Å². The fraction of sp³-hybridized carbons (Fsp3) is 0. The van der Waals surface area contributed by atoms with Crippen LogP contribution in [-0.4, -0.2) is 41.7 Å². The Morgan fingerprint density at radius 3 is 1.96 bits per heavy atom. The van der Waals surface area contributed by atoms with Crippen LogP contribution in [0.4, 0.5) is 14.7 Å². The van der Waals surface area contributed by atoms with Crippen molar-refractivity contribution in [1.29, 1.82) is 0 Å². The van der Waals surface area contributed by atoms with Gasteiger partial charge in [-0.3, -0.25) is 35.2 Å². The Kier molecular flexibility index (Phi) is 7.51. The number of benzene rings is 2. The number of pyridine rings is 2. The van der Waals surface area contributed by atoms with E-state index < -0.39 is 5.82 Å². The molecule has 0 aliphatic carbocycles. The minimum atomic E-state index is -0.410. The molecule has 7 aromatic rings. The predicted octanol–water partition coefficient (Wildman–Crippen LogP) is 6.98. The number of fused-ring (bicyclic) bond motifs is 1. The first-order chi connectivity index (χ1) is 22.0. The first kappa shape index (κ1) is 28.0. The highest BCUT2D eigenvalue weighted by Crippen LogP contribution is 2.28. The van der Waals surface area contributed by atoms with Crippen molar-refractivity contribution in [2.45, 2.75) is 0 Å². The molecule has 0 saturated heterocycles. The fourth-order valence-corrected chi connectivity index (χ4v) is 5.78. The Labute approximate surface area is 262 Å². The lowest BCUT2D eigenvalue weighted by molar-refractivity contribution is 0.101. The van der Waals surface area contributed by atoms with E-state index in [4.69, 9.17) is 4.98 Å². The van der Waals surface area contributed by atoms with Crippen LogP contribution in [0.5, 0.6) is 0 Å². The molecule has 0 spiro atoms. The van der Waals surface area contributed by atoms with Gasteiger partial charge in [0.25, 0.3) is 11.8 Å². The van der Waals surface area contributed by atoms with Crippen LogP contribution in [0.15, 0.2) is 102 Å². The molecule has 10 nitrogen and oxygen atoms in total. The van der Waals surface area contributed by atoms with E-state index in [1.54, 1.807) is 42.2 Å². The smallest absolute Gasteiger partial charge is 0.257 e. The molecule has 0 fully saturated rings. The van der Waals surface area contributed by atoms with Crippen LogP contribution in [0.25, 0.3) is 45.1 Å². The number of rotatable bonds is 7. The molecule has 218 valence electrons. The summed E-state index contributed by atoms with van der Waals surface area (Å²) in [5, 5.41) is 10.1. The second-order valence-electron chi connectivity index (χ2n) is 9.59. The summed E-state index contributed by atoms with van der Waals surface area (Å²) in [4.78, 5) is 52.1. The summed E-state index contributed by atoms with van der Waals surface area (Å²) in [5.41, 5.74) is 6.15. The van der Waals surface area contributed by atoms with E-state index in [-0.39, 0.29) is 11.8 Å². The molecule has 5 heterocycles. The number of amides is 2. The second kappa shape index (κ2) is 12.1. The zero-order valence-electron chi connectivity index (χ0n) is 23.0. The molecule has 0 aliphatic heterocycles. The zero-order chi connectivity index (χ0) is 30.8. The number of carbonyl (C=O) groups excluding carboxylic acids is 2. The van der Waals surface area contributed by atoms with Crippen LogP contribution < -0.4 is 10.6 Å². The maximum absolute atomic E-state index is 13.2. The quantitative estimate of drug-likeness (QED) is 0.193. The molecule has 7 rings (SSSR count). The molecule has 13 heteroatoms. The molecule has 2 amide bonds. The maximum Gasteiger partial charge on any atom is 0.257 e. The van der Waals surface area contributed by atoms with E-state index in [9.17, 15) is 14.0 Å². The Hall–Kier alpha value is -5.79. The highest BCUT2D eigenvalue weighted by atomic mass is 32.1. The first-order valence-corrected chi connectivity index (χ1v) is 15.2. The highest BCUT2D eigenvalue weighted by molar-refractivity contribution is 7.14. The number of carbonyl (C=O) groups is 2. The molecule has 0 unspecified atom stereocenters. The second-order valence-corrected chi connectivity index (χ2v) is 11.3. The third-order valence-electron chi connectivity index (χ3n) is 6.62. The van der Waals surface area contributed by atoms with Gasteiger partial charge in [-0.15, -0.1) is 22.7 Å². The molecule has 5 aromatic heterocycles. The first-order valence-electron chi connectivity index (χ1n) is 13.4. The summed E-state index contributed by atoms with van der Waals surface area (Å²) >= 11 is 2.57. The summed E-state index contributed by atoms with van der Waals surface area (Å²) in [6.07, 6.45) is 4.90. The number of nitrogens with one attached hydrogen (secondary N) is 2. The van der Waals surface area contributed by atoms with Crippen LogP contribution in [-0.2, 0) is 0 Å². The van der Waals surface area contributed by atoms with Crippen molar-refractivity contribution < 1.29 is 14.0 Å². The largest absolute Gasteiger partial charge is 0.298 e. The van der Waals surface area contributed by atoms with Crippen LogP contribution in [0, 0.1) is 5.82 Å². The minimum Gasteiger partial charge on any atom is -0.298 e. The fourth-order valence-electron chi connectivity index (χ4n) is 4.38.